The summed E-state index contributed by atoms with van der Waals surface area (Å²) >= 11 is 0. The summed E-state index contributed by atoms with van der Waals surface area (Å²) in [5.41, 5.74) is 5.85. The van der Waals surface area contributed by atoms with Crippen molar-refractivity contribution in [3.05, 3.63) is 35.9 Å². The molecule has 0 saturated carbocycles. The number of carbonyl (C=O) groups excluding carboxylic acids is 1. The second-order valence-corrected chi connectivity index (χ2v) is 5.21. The number of unbranched alkanes of at least 4 members (excludes halogenated alkanes) is 3. The molecule has 0 aromatic heterocycles. The van der Waals surface area contributed by atoms with E-state index >= 15 is 0 Å². The van der Waals surface area contributed by atoms with E-state index in [1.807, 2.05) is 0 Å². The molecule has 1 aromatic rings. The molecule has 4 N–H and O–H groups in total. The Kier molecular flexibility index (Phi) is 7.08. The number of allylic oxidation sites excluding steroid dienone is 1. The van der Waals surface area contributed by atoms with Gasteiger partial charge in [0.05, 0.1) is 12.3 Å². The van der Waals surface area contributed by atoms with Crippen LogP contribution < -0.4 is 5.73 Å². The smallest absolute Gasteiger partial charge is 0.251 e. The van der Waals surface area contributed by atoms with Crippen LogP contribution in [0.4, 0.5) is 5.69 Å². The number of rotatable bonds is 9. The van der Waals surface area contributed by atoms with Gasteiger partial charge >= 0.3 is 0 Å². The van der Waals surface area contributed by atoms with Gasteiger partial charge in [-0.05, 0) is 37.6 Å². The Hall–Kier alpha value is -1.85. The summed E-state index contributed by atoms with van der Waals surface area (Å²) in [4.78, 5) is 12.5. The average molecular weight is 307 g/mol. The third kappa shape index (κ3) is 4.86. The predicted octanol–water partition coefficient (Wildman–Crippen LogP) is 3.02. The Morgan fingerprint density at radius 3 is 2.68 bits per heavy atom. The number of aromatic hydroxyl groups is 1. The zero-order valence-electron chi connectivity index (χ0n) is 13.2. The van der Waals surface area contributed by atoms with E-state index in [1.54, 1.807) is 13.0 Å². The molecule has 0 radical (unpaired) electrons. The molecule has 122 valence electrons. The Labute approximate surface area is 131 Å². The molecular formula is C17H25NO4. The van der Waals surface area contributed by atoms with Gasteiger partial charge in [-0.2, -0.15) is 0 Å². The lowest BCUT2D eigenvalue weighted by Crippen LogP contribution is -2.40. The van der Waals surface area contributed by atoms with Gasteiger partial charge in [0.25, 0.3) is 5.79 Å². The minimum atomic E-state index is -2.01. The van der Waals surface area contributed by atoms with Crippen molar-refractivity contribution in [3.8, 4) is 5.75 Å². The van der Waals surface area contributed by atoms with Crippen LogP contribution in [0.5, 0.6) is 5.75 Å². The van der Waals surface area contributed by atoms with Crippen molar-refractivity contribution in [1.29, 1.82) is 0 Å². The molecule has 5 heteroatoms. The molecule has 1 atom stereocenters. The second-order valence-electron chi connectivity index (χ2n) is 5.21. The van der Waals surface area contributed by atoms with Crippen molar-refractivity contribution in [2.45, 2.75) is 45.3 Å². The highest BCUT2D eigenvalue weighted by atomic mass is 16.6. The van der Waals surface area contributed by atoms with Crippen LogP contribution in [0.3, 0.4) is 0 Å². The van der Waals surface area contributed by atoms with Crippen molar-refractivity contribution in [2.24, 2.45) is 0 Å². The summed E-state index contributed by atoms with van der Waals surface area (Å²) in [6, 6.07) is 4.05. The fourth-order valence-corrected chi connectivity index (χ4v) is 2.07. The maximum absolute atomic E-state index is 12.5. The van der Waals surface area contributed by atoms with Gasteiger partial charge < -0.3 is 20.7 Å². The molecule has 22 heavy (non-hydrogen) atoms. The van der Waals surface area contributed by atoms with E-state index in [9.17, 15) is 15.0 Å². The molecule has 0 amide bonds. The number of aliphatic hydroxyl groups is 1. The SMILES string of the molecule is CC=CC(O)(OCCCCCC)C(=O)c1ccc(O)c(N)c1. The molecule has 0 aliphatic heterocycles. The van der Waals surface area contributed by atoms with Gasteiger partial charge in [-0.25, -0.2) is 0 Å². The summed E-state index contributed by atoms with van der Waals surface area (Å²) in [5, 5.41) is 19.9. The number of nitrogens with two attached hydrogens (primary N) is 1. The van der Waals surface area contributed by atoms with Crippen LogP contribution >= 0.6 is 0 Å². The number of ketones is 1. The summed E-state index contributed by atoms with van der Waals surface area (Å²) in [5.74, 6) is -2.72. The van der Waals surface area contributed by atoms with Crippen LogP contribution in [-0.4, -0.2) is 28.4 Å². The highest BCUT2D eigenvalue weighted by molar-refractivity contribution is 6.03. The van der Waals surface area contributed by atoms with E-state index in [2.05, 4.69) is 6.92 Å². The topological polar surface area (TPSA) is 92.8 Å². The number of hydrogen-bond acceptors (Lipinski definition) is 5. The minimum Gasteiger partial charge on any atom is -0.506 e. The lowest BCUT2D eigenvalue weighted by molar-refractivity contribution is -0.132. The number of phenols is 1. The molecule has 0 fully saturated rings. The summed E-state index contributed by atoms with van der Waals surface area (Å²) < 4.78 is 5.42. The van der Waals surface area contributed by atoms with Crippen LogP contribution in [0, 0.1) is 0 Å². The molecular weight excluding hydrogens is 282 g/mol. The van der Waals surface area contributed by atoms with E-state index in [1.165, 1.54) is 24.3 Å². The van der Waals surface area contributed by atoms with E-state index < -0.39 is 11.6 Å². The summed E-state index contributed by atoms with van der Waals surface area (Å²) in [6.45, 7) is 4.10. The van der Waals surface area contributed by atoms with Gasteiger partial charge in [-0.3, -0.25) is 4.79 Å². The zero-order chi connectivity index (χ0) is 16.6. The van der Waals surface area contributed by atoms with Gasteiger partial charge in [0, 0.05) is 5.56 Å². The van der Waals surface area contributed by atoms with Crippen molar-refractivity contribution in [3.63, 3.8) is 0 Å². The van der Waals surface area contributed by atoms with Gasteiger partial charge in [-0.1, -0.05) is 32.3 Å². The number of benzene rings is 1. The predicted molar refractivity (Wildman–Crippen MR) is 86.7 cm³/mol. The van der Waals surface area contributed by atoms with Gasteiger partial charge in [0.1, 0.15) is 5.75 Å². The Balaban J connectivity index is 2.83. The van der Waals surface area contributed by atoms with Crippen LogP contribution in [0.25, 0.3) is 0 Å². The van der Waals surface area contributed by atoms with Crippen LogP contribution in [0.2, 0.25) is 0 Å². The molecule has 1 unspecified atom stereocenters. The Morgan fingerprint density at radius 2 is 2.09 bits per heavy atom. The maximum Gasteiger partial charge on any atom is 0.251 e. The first-order valence-electron chi connectivity index (χ1n) is 7.58. The average Bonchev–Trinajstić information content (AvgIpc) is 2.49. The van der Waals surface area contributed by atoms with Gasteiger partial charge in [0.2, 0.25) is 5.78 Å². The van der Waals surface area contributed by atoms with Crippen molar-refractivity contribution in [1.82, 2.24) is 0 Å². The number of carbonyl (C=O) groups is 1. The van der Waals surface area contributed by atoms with Crippen molar-refractivity contribution >= 4 is 11.5 Å². The highest BCUT2D eigenvalue weighted by Gasteiger charge is 2.35. The van der Waals surface area contributed by atoms with Crippen LogP contribution in [0.1, 0.15) is 49.9 Å². The number of nitrogen functional groups attached to an aromatic ring is 1. The van der Waals surface area contributed by atoms with E-state index in [-0.39, 0.29) is 17.0 Å². The maximum atomic E-state index is 12.5. The highest BCUT2D eigenvalue weighted by Crippen LogP contribution is 2.24. The quantitative estimate of drug-likeness (QED) is 0.163. The first-order valence-corrected chi connectivity index (χ1v) is 7.58. The second kappa shape index (κ2) is 8.56. The number of anilines is 1. The van der Waals surface area contributed by atoms with Crippen molar-refractivity contribution in [2.75, 3.05) is 12.3 Å². The molecule has 0 aliphatic rings. The lowest BCUT2D eigenvalue weighted by atomic mass is 10.0. The fraction of sp³-hybridized carbons (Fsp3) is 0.471. The minimum absolute atomic E-state index is 0.0802. The number of phenolic OH excluding ortho intramolecular Hbond substituents is 1. The van der Waals surface area contributed by atoms with Crippen LogP contribution in [0.15, 0.2) is 30.4 Å². The van der Waals surface area contributed by atoms with Gasteiger partial charge in [0.15, 0.2) is 0 Å². The normalized spacial score (nSPS) is 14.1. The number of ether oxygens (including phenoxy) is 1. The van der Waals surface area contributed by atoms with Crippen molar-refractivity contribution < 1.29 is 19.7 Å². The third-order valence-electron chi connectivity index (χ3n) is 3.33. The van der Waals surface area contributed by atoms with E-state index in [4.69, 9.17) is 10.5 Å². The monoisotopic (exact) mass is 307 g/mol. The number of hydrogen-bond donors (Lipinski definition) is 3. The standard InChI is InChI=1S/C17H25NO4/c1-3-5-6-7-11-22-17(21,10-4-2)16(20)13-8-9-15(19)14(18)12-13/h4,8-10,12,19,21H,3,5-7,11,18H2,1-2H3. The molecule has 1 rings (SSSR count). The van der Waals surface area contributed by atoms with E-state index in [0.29, 0.717) is 6.61 Å². The molecule has 5 nitrogen and oxygen atoms in total. The largest absolute Gasteiger partial charge is 0.506 e. The van der Waals surface area contributed by atoms with Gasteiger partial charge in [-0.15, -0.1) is 0 Å². The molecule has 0 heterocycles. The van der Waals surface area contributed by atoms with Crippen LogP contribution in [-0.2, 0) is 4.74 Å². The number of Topliss-reactive ketones (excluding diaryl/α,β-unsaturated/α-hetero) is 1. The summed E-state index contributed by atoms with van der Waals surface area (Å²) in [6.07, 6.45) is 6.84. The summed E-state index contributed by atoms with van der Waals surface area (Å²) in [7, 11) is 0. The first kappa shape index (κ1) is 18.2. The molecule has 0 aliphatic carbocycles. The molecule has 0 bridgehead atoms. The molecule has 1 aromatic carbocycles. The molecule has 0 saturated heterocycles. The third-order valence-corrected chi connectivity index (χ3v) is 3.33. The van der Waals surface area contributed by atoms with E-state index in [0.717, 1.165) is 25.7 Å². The Morgan fingerprint density at radius 1 is 1.36 bits per heavy atom. The Bertz CT molecular complexity index is 527. The first-order chi connectivity index (χ1) is 10.4. The molecule has 0 spiro atoms. The lowest BCUT2D eigenvalue weighted by Gasteiger charge is -2.23. The fourth-order valence-electron chi connectivity index (χ4n) is 2.07. The zero-order valence-corrected chi connectivity index (χ0v) is 13.2.